The molecule has 0 saturated heterocycles. The zero-order valence-electron chi connectivity index (χ0n) is 10.1. The maximum atomic E-state index is 12.3. The number of carbonyl (C=O) groups excluding carboxylic acids is 1. The van der Waals surface area contributed by atoms with Crippen molar-refractivity contribution in [1.29, 1.82) is 0 Å². The monoisotopic (exact) mass is 226 g/mol. The molecule has 0 heterocycles. The molecule has 0 aromatic carbocycles. The lowest BCUT2D eigenvalue weighted by Crippen LogP contribution is -2.52. The van der Waals surface area contributed by atoms with E-state index in [1.807, 2.05) is 0 Å². The molecule has 2 rings (SSSR count). The van der Waals surface area contributed by atoms with Gasteiger partial charge in [0, 0.05) is 13.1 Å². The first kappa shape index (κ1) is 11.9. The van der Waals surface area contributed by atoms with Crippen molar-refractivity contribution in [3.8, 4) is 0 Å². The lowest BCUT2D eigenvalue weighted by Gasteiger charge is -2.38. The van der Waals surface area contributed by atoms with Crippen LogP contribution in [0.4, 0.5) is 0 Å². The van der Waals surface area contributed by atoms with Gasteiger partial charge in [0.25, 0.3) is 0 Å². The van der Waals surface area contributed by atoms with Gasteiger partial charge in [0.15, 0.2) is 0 Å². The summed E-state index contributed by atoms with van der Waals surface area (Å²) in [6.45, 7) is 5.17. The average Bonchev–Trinajstić information content (AvgIpc) is 2.59. The number of fused-ring (bicyclic) bond motifs is 2. The second kappa shape index (κ2) is 3.70. The van der Waals surface area contributed by atoms with E-state index in [0.717, 1.165) is 19.3 Å². The Hall–Kier alpha value is -0.610. The quantitative estimate of drug-likeness (QED) is 0.645. The van der Waals surface area contributed by atoms with E-state index in [1.54, 1.807) is 0 Å². The average molecular weight is 226 g/mol. The fourth-order valence-corrected chi connectivity index (χ4v) is 3.83. The molecule has 0 spiro atoms. The smallest absolute Gasteiger partial charge is 0.229 e. The summed E-state index contributed by atoms with van der Waals surface area (Å²) in [5.41, 5.74) is 4.73. The van der Waals surface area contributed by atoms with E-state index in [1.165, 1.54) is 0 Å². The summed E-state index contributed by atoms with van der Waals surface area (Å²) in [7, 11) is 0. The van der Waals surface area contributed by atoms with Crippen LogP contribution in [0.25, 0.3) is 0 Å². The number of aliphatic hydroxyl groups excluding tert-OH is 1. The minimum atomic E-state index is -0.577. The van der Waals surface area contributed by atoms with Crippen LogP contribution in [0.1, 0.15) is 33.1 Å². The van der Waals surface area contributed by atoms with E-state index in [-0.39, 0.29) is 11.3 Å². The predicted octanol–water partition coefficient (Wildman–Crippen LogP) is 0.249. The Morgan fingerprint density at radius 2 is 2.25 bits per heavy atom. The maximum Gasteiger partial charge on any atom is 0.229 e. The number of amides is 1. The predicted molar refractivity (Wildman–Crippen MR) is 61.6 cm³/mol. The van der Waals surface area contributed by atoms with Crippen LogP contribution < -0.4 is 11.1 Å². The Balaban J connectivity index is 2.24. The van der Waals surface area contributed by atoms with Gasteiger partial charge in [-0.2, -0.15) is 0 Å². The number of hydrogen-bond acceptors (Lipinski definition) is 3. The van der Waals surface area contributed by atoms with Crippen molar-refractivity contribution in [2.45, 2.75) is 39.2 Å². The fourth-order valence-electron chi connectivity index (χ4n) is 3.83. The van der Waals surface area contributed by atoms with E-state index in [2.05, 4.69) is 19.2 Å². The van der Waals surface area contributed by atoms with E-state index in [0.29, 0.717) is 19.0 Å². The summed E-state index contributed by atoms with van der Waals surface area (Å²) in [5, 5.41) is 13.0. The van der Waals surface area contributed by atoms with Crippen LogP contribution in [0.3, 0.4) is 0 Å². The number of carbonyl (C=O) groups is 1. The van der Waals surface area contributed by atoms with Crippen molar-refractivity contribution in [1.82, 2.24) is 5.32 Å². The van der Waals surface area contributed by atoms with Gasteiger partial charge in [-0.1, -0.05) is 13.8 Å². The Bertz CT molecular complexity index is 303. The number of aliphatic hydroxyl groups is 1. The number of nitrogens with one attached hydrogen (secondary N) is 1. The zero-order chi connectivity index (χ0) is 12.0. The van der Waals surface area contributed by atoms with E-state index in [4.69, 9.17) is 5.73 Å². The Morgan fingerprint density at radius 3 is 2.69 bits per heavy atom. The molecule has 2 saturated carbocycles. The van der Waals surface area contributed by atoms with Crippen LogP contribution >= 0.6 is 0 Å². The summed E-state index contributed by atoms with van der Waals surface area (Å²) < 4.78 is 0. The second-order valence-electron chi connectivity index (χ2n) is 5.72. The molecule has 0 aromatic rings. The third-order valence-corrected chi connectivity index (χ3v) is 4.97. The summed E-state index contributed by atoms with van der Waals surface area (Å²) in [6, 6.07) is 0. The SMILES string of the molecule is CC1(C)[C@H]2CC[C@@]1(C(=O)NCCN)[C@@H](O)C2. The molecule has 2 bridgehead atoms. The molecule has 2 aliphatic rings. The highest BCUT2D eigenvalue weighted by atomic mass is 16.3. The Morgan fingerprint density at radius 1 is 1.56 bits per heavy atom. The number of hydrogen-bond donors (Lipinski definition) is 3. The summed E-state index contributed by atoms with van der Waals surface area (Å²) in [4.78, 5) is 12.3. The molecule has 4 N–H and O–H groups in total. The van der Waals surface area contributed by atoms with Gasteiger partial charge in [0.1, 0.15) is 0 Å². The van der Waals surface area contributed by atoms with Gasteiger partial charge in [-0.05, 0) is 30.6 Å². The van der Waals surface area contributed by atoms with Gasteiger partial charge in [-0.15, -0.1) is 0 Å². The Labute approximate surface area is 96.6 Å². The standard InChI is InChI=1S/C12H22N2O2/c1-11(2)8-3-4-12(11,9(15)7-8)10(16)14-6-5-13/h8-9,15H,3-7,13H2,1-2H3,(H,14,16)/t8-,9-,12-/m0/s1. The summed E-state index contributed by atoms with van der Waals surface area (Å²) in [6.07, 6.45) is 2.14. The van der Waals surface area contributed by atoms with Gasteiger partial charge in [0.05, 0.1) is 11.5 Å². The molecular weight excluding hydrogens is 204 g/mol. The van der Waals surface area contributed by atoms with Crippen LogP contribution in [-0.2, 0) is 4.79 Å². The molecule has 2 aliphatic carbocycles. The van der Waals surface area contributed by atoms with Crippen molar-refractivity contribution in [2.24, 2.45) is 22.5 Å². The van der Waals surface area contributed by atoms with Crippen LogP contribution in [0.5, 0.6) is 0 Å². The third-order valence-electron chi connectivity index (χ3n) is 4.97. The third kappa shape index (κ3) is 1.26. The zero-order valence-corrected chi connectivity index (χ0v) is 10.1. The van der Waals surface area contributed by atoms with Crippen LogP contribution in [0, 0.1) is 16.7 Å². The highest BCUT2D eigenvalue weighted by Crippen LogP contribution is 2.65. The van der Waals surface area contributed by atoms with Gasteiger partial charge >= 0.3 is 0 Å². The highest BCUT2D eigenvalue weighted by molar-refractivity contribution is 5.85. The van der Waals surface area contributed by atoms with Crippen LogP contribution in [0.2, 0.25) is 0 Å². The molecule has 0 aromatic heterocycles. The minimum Gasteiger partial charge on any atom is -0.392 e. The van der Waals surface area contributed by atoms with Crippen LogP contribution in [0.15, 0.2) is 0 Å². The van der Waals surface area contributed by atoms with Gasteiger partial charge in [-0.25, -0.2) is 0 Å². The molecule has 0 unspecified atom stereocenters. The minimum absolute atomic E-state index is 0.00421. The van der Waals surface area contributed by atoms with Gasteiger partial charge in [0.2, 0.25) is 5.91 Å². The molecule has 92 valence electrons. The highest BCUT2D eigenvalue weighted by Gasteiger charge is 2.67. The molecular formula is C12H22N2O2. The van der Waals surface area contributed by atoms with Crippen molar-refractivity contribution in [3.05, 3.63) is 0 Å². The molecule has 16 heavy (non-hydrogen) atoms. The van der Waals surface area contributed by atoms with Crippen molar-refractivity contribution >= 4 is 5.91 Å². The van der Waals surface area contributed by atoms with Crippen LogP contribution in [-0.4, -0.2) is 30.2 Å². The normalized spacial score (nSPS) is 40.0. The largest absolute Gasteiger partial charge is 0.392 e. The molecule has 3 atom stereocenters. The van der Waals surface area contributed by atoms with E-state index in [9.17, 15) is 9.90 Å². The molecule has 4 nitrogen and oxygen atoms in total. The lowest BCUT2D eigenvalue weighted by molar-refractivity contribution is -0.142. The van der Waals surface area contributed by atoms with Crippen molar-refractivity contribution in [3.63, 3.8) is 0 Å². The molecule has 0 aliphatic heterocycles. The first-order valence-electron chi connectivity index (χ1n) is 6.13. The molecule has 0 radical (unpaired) electrons. The molecule has 2 fully saturated rings. The number of rotatable bonds is 3. The Kier molecular flexibility index (Phi) is 2.75. The van der Waals surface area contributed by atoms with E-state index < -0.39 is 11.5 Å². The molecule has 1 amide bonds. The summed E-state index contributed by atoms with van der Waals surface area (Å²) in [5.74, 6) is 0.474. The molecule has 4 heteroatoms. The van der Waals surface area contributed by atoms with Gasteiger partial charge < -0.3 is 16.2 Å². The fraction of sp³-hybridized carbons (Fsp3) is 0.917. The lowest BCUT2D eigenvalue weighted by atomic mass is 9.67. The summed E-state index contributed by atoms with van der Waals surface area (Å²) >= 11 is 0. The van der Waals surface area contributed by atoms with Crippen molar-refractivity contribution in [2.75, 3.05) is 13.1 Å². The van der Waals surface area contributed by atoms with Gasteiger partial charge in [-0.3, -0.25) is 4.79 Å². The van der Waals surface area contributed by atoms with Crippen molar-refractivity contribution < 1.29 is 9.90 Å². The second-order valence-corrected chi connectivity index (χ2v) is 5.72. The number of nitrogens with two attached hydrogens (primary N) is 1. The first-order chi connectivity index (χ1) is 7.46. The van der Waals surface area contributed by atoms with E-state index >= 15 is 0 Å². The topological polar surface area (TPSA) is 75.4 Å². The maximum absolute atomic E-state index is 12.3. The first-order valence-corrected chi connectivity index (χ1v) is 6.13.